The minimum atomic E-state index is 0.0369. The Morgan fingerprint density at radius 3 is 2.65 bits per heavy atom. The Morgan fingerprint density at radius 2 is 1.95 bits per heavy atom. The maximum atomic E-state index is 11.2. The smallest absolute Gasteiger partial charge is 0.183 e. The molecule has 0 aliphatic rings. The van der Waals surface area contributed by atoms with Crippen LogP contribution in [0.2, 0.25) is 0 Å². The van der Waals surface area contributed by atoms with Crippen LogP contribution in [0.5, 0.6) is 0 Å². The molecular weight excluding hydrogens is 256 g/mol. The van der Waals surface area contributed by atoms with Crippen molar-refractivity contribution in [3.05, 3.63) is 36.2 Å². The van der Waals surface area contributed by atoms with Gasteiger partial charge in [0.25, 0.3) is 0 Å². The summed E-state index contributed by atoms with van der Waals surface area (Å²) in [5.41, 5.74) is 2.75. The summed E-state index contributed by atoms with van der Waals surface area (Å²) in [6.07, 6.45) is 1.46. The van der Waals surface area contributed by atoms with Gasteiger partial charge >= 0.3 is 0 Å². The van der Waals surface area contributed by atoms with E-state index in [0.29, 0.717) is 22.5 Å². The maximum absolute atomic E-state index is 11.2. The number of nitrogens with zero attached hydrogens (tertiary/aromatic N) is 5. The van der Waals surface area contributed by atoms with E-state index in [4.69, 9.17) is 0 Å². The molecule has 1 aromatic carbocycles. The number of hydrogen-bond donors (Lipinski definition) is 1. The van der Waals surface area contributed by atoms with Crippen LogP contribution in [0.25, 0.3) is 11.2 Å². The van der Waals surface area contributed by atoms with E-state index in [-0.39, 0.29) is 5.78 Å². The fourth-order valence-corrected chi connectivity index (χ4v) is 1.87. The normalized spacial score (nSPS) is 10.7. The van der Waals surface area contributed by atoms with E-state index >= 15 is 0 Å². The molecule has 0 saturated heterocycles. The number of ketones is 1. The molecule has 0 amide bonds. The second-order valence-electron chi connectivity index (χ2n) is 4.37. The topological polar surface area (TPSA) is 85.6 Å². The van der Waals surface area contributed by atoms with Crippen molar-refractivity contribution in [2.75, 3.05) is 5.32 Å². The molecule has 3 rings (SSSR count). The Kier molecular flexibility index (Phi) is 2.86. The summed E-state index contributed by atoms with van der Waals surface area (Å²) in [5, 5.41) is 11.1. The molecule has 0 bridgehead atoms. The monoisotopic (exact) mass is 268 g/mol. The summed E-state index contributed by atoms with van der Waals surface area (Å²) < 4.78 is 1.58. The van der Waals surface area contributed by atoms with Crippen LogP contribution in [-0.2, 0) is 7.05 Å². The second-order valence-corrected chi connectivity index (χ2v) is 4.37. The lowest BCUT2D eigenvalue weighted by atomic mass is 10.1. The summed E-state index contributed by atoms with van der Waals surface area (Å²) in [5.74, 6) is 0.619. The van der Waals surface area contributed by atoms with Crippen molar-refractivity contribution in [1.82, 2.24) is 25.0 Å². The molecule has 2 aromatic heterocycles. The molecule has 0 aliphatic heterocycles. The van der Waals surface area contributed by atoms with Gasteiger partial charge in [-0.3, -0.25) is 4.79 Å². The van der Waals surface area contributed by atoms with Gasteiger partial charge < -0.3 is 5.32 Å². The third kappa shape index (κ3) is 2.09. The third-order valence-electron chi connectivity index (χ3n) is 2.94. The minimum Gasteiger partial charge on any atom is -0.338 e. The van der Waals surface area contributed by atoms with Gasteiger partial charge in [0.2, 0.25) is 0 Å². The summed E-state index contributed by atoms with van der Waals surface area (Å²) in [7, 11) is 1.77. The van der Waals surface area contributed by atoms with Gasteiger partial charge in [0.15, 0.2) is 22.8 Å². The molecule has 3 aromatic rings. The molecule has 0 aliphatic carbocycles. The molecule has 1 N–H and O–H groups in total. The average molecular weight is 268 g/mol. The van der Waals surface area contributed by atoms with Crippen LogP contribution in [0.15, 0.2) is 30.6 Å². The summed E-state index contributed by atoms with van der Waals surface area (Å²) in [4.78, 5) is 19.5. The lowest BCUT2D eigenvalue weighted by Crippen LogP contribution is -1.98. The van der Waals surface area contributed by atoms with Crippen LogP contribution in [0.4, 0.5) is 11.5 Å². The Labute approximate surface area is 114 Å². The van der Waals surface area contributed by atoms with Crippen molar-refractivity contribution >= 4 is 28.5 Å². The highest BCUT2D eigenvalue weighted by molar-refractivity contribution is 5.94. The van der Waals surface area contributed by atoms with Gasteiger partial charge in [-0.15, -0.1) is 5.10 Å². The standard InChI is InChI=1S/C13H12N6O/c1-8(20)9-3-5-10(6-4-9)16-12-11-13(15-7-14-12)19(2)18-17-11/h3-7H,1-2H3,(H,14,15,16). The zero-order valence-electron chi connectivity index (χ0n) is 11.0. The van der Waals surface area contributed by atoms with Crippen LogP contribution < -0.4 is 5.32 Å². The highest BCUT2D eigenvalue weighted by atomic mass is 16.1. The van der Waals surface area contributed by atoms with E-state index in [2.05, 4.69) is 25.6 Å². The number of Topliss-reactive ketones (excluding diaryl/α,β-unsaturated/α-hetero) is 1. The average Bonchev–Trinajstić information content (AvgIpc) is 2.82. The number of carbonyl (C=O) groups excluding carboxylic acids is 1. The van der Waals surface area contributed by atoms with Crippen molar-refractivity contribution in [3.8, 4) is 0 Å². The number of anilines is 2. The predicted molar refractivity (Wildman–Crippen MR) is 73.8 cm³/mol. The Morgan fingerprint density at radius 1 is 1.20 bits per heavy atom. The number of aryl methyl sites for hydroxylation is 1. The molecule has 7 heteroatoms. The van der Waals surface area contributed by atoms with Gasteiger partial charge in [-0.25, -0.2) is 14.6 Å². The fourth-order valence-electron chi connectivity index (χ4n) is 1.87. The van der Waals surface area contributed by atoms with Gasteiger partial charge in [-0.2, -0.15) is 0 Å². The predicted octanol–water partition coefficient (Wildman–Crippen LogP) is 1.70. The highest BCUT2D eigenvalue weighted by Crippen LogP contribution is 2.20. The Hall–Kier alpha value is -2.83. The van der Waals surface area contributed by atoms with Crippen molar-refractivity contribution in [3.63, 3.8) is 0 Å². The van der Waals surface area contributed by atoms with Gasteiger partial charge in [0.1, 0.15) is 6.33 Å². The van der Waals surface area contributed by atoms with E-state index in [1.54, 1.807) is 23.9 Å². The molecule has 0 spiro atoms. The number of aromatic nitrogens is 5. The summed E-state index contributed by atoms with van der Waals surface area (Å²) in [6, 6.07) is 7.17. The van der Waals surface area contributed by atoms with E-state index < -0.39 is 0 Å². The van der Waals surface area contributed by atoms with E-state index in [1.165, 1.54) is 13.3 Å². The molecule has 0 radical (unpaired) electrons. The summed E-state index contributed by atoms with van der Waals surface area (Å²) >= 11 is 0. The van der Waals surface area contributed by atoms with Crippen LogP contribution >= 0.6 is 0 Å². The molecule has 0 atom stereocenters. The number of hydrogen-bond acceptors (Lipinski definition) is 6. The first-order valence-electron chi connectivity index (χ1n) is 6.03. The van der Waals surface area contributed by atoms with Gasteiger partial charge in [0.05, 0.1) is 0 Å². The fraction of sp³-hybridized carbons (Fsp3) is 0.154. The third-order valence-corrected chi connectivity index (χ3v) is 2.94. The Bertz CT molecular complexity index is 777. The van der Waals surface area contributed by atoms with Crippen LogP contribution in [-0.4, -0.2) is 30.7 Å². The molecule has 0 unspecified atom stereocenters. The zero-order chi connectivity index (χ0) is 14.1. The van der Waals surface area contributed by atoms with Gasteiger partial charge in [-0.05, 0) is 31.2 Å². The largest absolute Gasteiger partial charge is 0.338 e. The second kappa shape index (κ2) is 4.69. The molecule has 0 saturated carbocycles. The maximum Gasteiger partial charge on any atom is 0.183 e. The van der Waals surface area contributed by atoms with E-state index in [1.807, 2.05) is 12.1 Å². The van der Waals surface area contributed by atoms with Crippen molar-refractivity contribution in [2.24, 2.45) is 7.05 Å². The number of rotatable bonds is 3. The first-order valence-corrected chi connectivity index (χ1v) is 6.03. The van der Waals surface area contributed by atoms with Crippen LogP contribution in [0.3, 0.4) is 0 Å². The van der Waals surface area contributed by atoms with E-state index in [9.17, 15) is 4.79 Å². The SMILES string of the molecule is CC(=O)c1ccc(Nc2ncnc3c2nnn3C)cc1. The number of benzene rings is 1. The lowest BCUT2D eigenvalue weighted by molar-refractivity contribution is 0.101. The minimum absolute atomic E-state index is 0.0369. The molecule has 100 valence electrons. The van der Waals surface area contributed by atoms with Crippen LogP contribution in [0.1, 0.15) is 17.3 Å². The molecule has 2 heterocycles. The molecule has 20 heavy (non-hydrogen) atoms. The molecule has 7 nitrogen and oxygen atoms in total. The van der Waals surface area contributed by atoms with Crippen molar-refractivity contribution < 1.29 is 4.79 Å². The number of fused-ring (bicyclic) bond motifs is 1. The number of carbonyl (C=O) groups is 1. The summed E-state index contributed by atoms with van der Waals surface area (Å²) in [6.45, 7) is 1.54. The first-order chi connectivity index (χ1) is 9.65. The highest BCUT2D eigenvalue weighted by Gasteiger charge is 2.09. The van der Waals surface area contributed by atoms with E-state index in [0.717, 1.165) is 5.69 Å². The van der Waals surface area contributed by atoms with Crippen molar-refractivity contribution in [2.45, 2.75) is 6.92 Å². The molecule has 0 fully saturated rings. The van der Waals surface area contributed by atoms with Crippen LogP contribution in [0, 0.1) is 0 Å². The first kappa shape index (κ1) is 12.2. The number of nitrogens with one attached hydrogen (secondary N) is 1. The van der Waals surface area contributed by atoms with Gasteiger partial charge in [-0.1, -0.05) is 5.21 Å². The Balaban J connectivity index is 1.95. The van der Waals surface area contributed by atoms with Crippen molar-refractivity contribution in [1.29, 1.82) is 0 Å². The molecular formula is C13H12N6O. The lowest BCUT2D eigenvalue weighted by Gasteiger charge is -2.05. The van der Waals surface area contributed by atoms with Gasteiger partial charge in [0, 0.05) is 18.3 Å². The quantitative estimate of drug-likeness (QED) is 0.728. The zero-order valence-corrected chi connectivity index (χ0v) is 11.0.